The Morgan fingerprint density at radius 3 is 2.08 bits per heavy atom. The van der Waals surface area contributed by atoms with E-state index in [-0.39, 0.29) is 23.3 Å². The SMILES string of the molecule is CCOC(=O)CCCOc1cccc(CCCCCCOc2cc(-c3ccc(Cl)cc3)cc(S(=O)(=O)C(C)C)c2)c1CCC(=O)OCC. The number of benzene rings is 3. The minimum absolute atomic E-state index is 0.238. The second-order valence-corrected chi connectivity index (χ2v) is 14.7. The molecule has 0 N–H and O–H groups in total. The first-order chi connectivity index (χ1) is 23.0. The first-order valence-electron chi connectivity index (χ1n) is 16.9. The maximum Gasteiger partial charge on any atom is 0.306 e. The van der Waals surface area contributed by atoms with Crippen LogP contribution in [-0.4, -0.2) is 52.0 Å². The van der Waals surface area contributed by atoms with E-state index in [1.807, 2.05) is 30.3 Å². The summed E-state index contributed by atoms with van der Waals surface area (Å²) >= 11 is 6.07. The van der Waals surface area contributed by atoms with Gasteiger partial charge < -0.3 is 18.9 Å². The maximum atomic E-state index is 13.0. The third kappa shape index (κ3) is 12.5. The summed E-state index contributed by atoms with van der Waals surface area (Å²) in [6.45, 7) is 8.46. The van der Waals surface area contributed by atoms with Crippen LogP contribution in [0.4, 0.5) is 0 Å². The predicted octanol–water partition coefficient (Wildman–Crippen LogP) is 8.59. The number of unbranched alkanes of at least 4 members (excludes halogenated alkanes) is 3. The van der Waals surface area contributed by atoms with Crippen molar-refractivity contribution in [1.82, 2.24) is 0 Å². The van der Waals surface area contributed by atoms with Crippen molar-refractivity contribution in [2.75, 3.05) is 26.4 Å². The monoisotopic (exact) mass is 700 g/mol. The number of carbonyl (C=O) groups excluding carboxylic acids is 2. The van der Waals surface area contributed by atoms with Crippen molar-refractivity contribution >= 4 is 33.4 Å². The molecule has 0 heterocycles. The van der Waals surface area contributed by atoms with E-state index in [0.717, 1.165) is 60.1 Å². The second kappa shape index (κ2) is 20.1. The number of sulfone groups is 1. The van der Waals surface area contributed by atoms with E-state index in [4.69, 9.17) is 30.5 Å². The van der Waals surface area contributed by atoms with Crippen LogP contribution in [0.5, 0.6) is 11.5 Å². The van der Waals surface area contributed by atoms with Gasteiger partial charge in [0.1, 0.15) is 11.5 Å². The topological polar surface area (TPSA) is 105 Å². The highest BCUT2D eigenvalue weighted by molar-refractivity contribution is 7.92. The van der Waals surface area contributed by atoms with E-state index in [1.165, 1.54) is 0 Å². The van der Waals surface area contributed by atoms with Crippen LogP contribution in [0.3, 0.4) is 0 Å². The highest BCUT2D eigenvalue weighted by atomic mass is 35.5. The Morgan fingerprint density at radius 1 is 0.729 bits per heavy atom. The first kappa shape index (κ1) is 38.9. The van der Waals surface area contributed by atoms with Gasteiger partial charge in [-0.15, -0.1) is 0 Å². The van der Waals surface area contributed by atoms with Gasteiger partial charge in [0.25, 0.3) is 0 Å². The Kier molecular flexibility index (Phi) is 16.3. The molecule has 0 spiro atoms. The number of esters is 2. The number of halogens is 1. The highest BCUT2D eigenvalue weighted by Gasteiger charge is 2.21. The summed E-state index contributed by atoms with van der Waals surface area (Å²) in [5.41, 5.74) is 3.75. The zero-order valence-corrected chi connectivity index (χ0v) is 30.2. The van der Waals surface area contributed by atoms with Crippen LogP contribution in [0.15, 0.2) is 65.6 Å². The lowest BCUT2D eigenvalue weighted by atomic mass is 9.96. The zero-order valence-electron chi connectivity index (χ0n) is 28.6. The van der Waals surface area contributed by atoms with Gasteiger partial charge in [0.2, 0.25) is 0 Å². The molecular formula is C38H49ClO8S. The molecule has 0 atom stereocenters. The van der Waals surface area contributed by atoms with Gasteiger partial charge in [0.05, 0.1) is 36.6 Å². The van der Waals surface area contributed by atoms with Crippen molar-refractivity contribution in [2.45, 2.75) is 95.6 Å². The molecule has 0 amide bonds. The van der Waals surface area contributed by atoms with Gasteiger partial charge in [-0.05, 0) is 118 Å². The zero-order chi connectivity index (χ0) is 34.9. The van der Waals surface area contributed by atoms with Crippen LogP contribution in [0.1, 0.15) is 83.8 Å². The van der Waals surface area contributed by atoms with E-state index >= 15 is 0 Å². The van der Waals surface area contributed by atoms with Crippen LogP contribution < -0.4 is 9.47 Å². The molecule has 10 heteroatoms. The van der Waals surface area contributed by atoms with Crippen molar-refractivity contribution < 1.29 is 37.0 Å². The number of aryl methyl sites for hydroxylation is 1. The third-order valence-corrected chi connectivity index (χ3v) is 10.2. The summed E-state index contributed by atoms with van der Waals surface area (Å²) in [7, 11) is -3.50. The van der Waals surface area contributed by atoms with E-state index in [0.29, 0.717) is 56.5 Å². The van der Waals surface area contributed by atoms with Crippen molar-refractivity contribution in [1.29, 1.82) is 0 Å². The molecule has 0 aliphatic heterocycles. The lowest BCUT2D eigenvalue weighted by molar-refractivity contribution is -0.144. The summed E-state index contributed by atoms with van der Waals surface area (Å²) < 4.78 is 48.3. The number of ether oxygens (including phenoxy) is 4. The summed E-state index contributed by atoms with van der Waals surface area (Å²) in [6, 6.07) is 18.4. The maximum absolute atomic E-state index is 13.0. The average Bonchev–Trinajstić information content (AvgIpc) is 3.06. The summed E-state index contributed by atoms with van der Waals surface area (Å²) in [5.74, 6) is 0.770. The van der Waals surface area contributed by atoms with Crippen LogP contribution in [-0.2, 0) is 41.7 Å². The molecule has 3 aromatic carbocycles. The van der Waals surface area contributed by atoms with Gasteiger partial charge in [-0.25, -0.2) is 8.42 Å². The smallest absolute Gasteiger partial charge is 0.306 e. The summed E-state index contributed by atoms with van der Waals surface area (Å²) in [4.78, 5) is 24.1. The molecule has 0 aromatic heterocycles. The highest BCUT2D eigenvalue weighted by Crippen LogP contribution is 2.31. The molecule has 0 bridgehead atoms. The van der Waals surface area contributed by atoms with Crippen LogP contribution in [0.25, 0.3) is 11.1 Å². The van der Waals surface area contributed by atoms with Gasteiger partial charge in [-0.3, -0.25) is 9.59 Å². The molecule has 8 nitrogen and oxygen atoms in total. The van der Waals surface area contributed by atoms with E-state index < -0.39 is 15.1 Å². The van der Waals surface area contributed by atoms with E-state index in [2.05, 4.69) is 6.07 Å². The van der Waals surface area contributed by atoms with Gasteiger partial charge in [0, 0.05) is 17.9 Å². The number of carbonyl (C=O) groups is 2. The first-order valence-corrected chi connectivity index (χ1v) is 18.8. The van der Waals surface area contributed by atoms with Gasteiger partial charge in [0.15, 0.2) is 9.84 Å². The summed E-state index contributed by atoms with van der Waals surface area (Å²) in [6.07, 6.45) is 6.13. The Bertz CT molecular complexity index is 1570. The largest absolute Gasteiger partial charge is 0.494 e. The Labute approximate surface area is 291 Å². The Morgan fingerprint density at radius 2 is 1.40 bits per heavy atom. The quantitative estimate of drug-likeness (QED) is 0.0804. The fourth-order valence-corrected chi connectivity index (χ4v) is 6.46. The predicted molar refractivity (Wildman–Crippen MR) is 190 cm³/mol. The minimum Gasteiger partial charge on any atom is -0.494 e. The number of rotatable bonds is 21. The molecule has 3 rings (SSSR count). The molecule has 262 valence electrons. The third-order valence-electron chi connectivity index (χ3n) is 7.82. The van der Waals surface area contributed by atoms with E-state index in [9.17, 15) is 18.0 Å². The molecule has 0 aliphatic rings. The average molecular weight is 701 g/mol. The van der Waals surface area contributed by atoms with Crippen molar-refractivity contribution in [3.63, 3.8) is 0 Å². The van der Waals surface area contributed by atoms with Crippen molar-refractivity contribution in [3.8, 4) is 22.6 Å². The molecule has 0 radical (unpaired) electrons. The molecule has 0 saturated heterocycles. The standard InChI is InChI=1S/C38H49ClO8S/c1-5-44-37(40)16-12-24-47-36-15-11-14-30(35(36)21-22-38(41)45-6-2)13-9-7-8-10-23-46-33-25-31(29-17-19-32(39)20-18-29)26-34(27-33)48(42,43)28(3)4/h11,14-15,17-20,25-28H,5-10,12-13,16,21-24H2,1-4H3. The van der Waals surface area contributed by atoms with Crippen LogP contribution in [0, 0.1) is 0 Å². The fraction of sp³-hybridized carbons (Fsp3) is 0.474. The normalized spacial score (nSPS) is 11.4. The lowest BCUT2D eigenvalue weighted by Crippen LogP contribution is -2.14. The Balaban J connectivity index is 1.57. The van der Waals surface area contributed by atoms with Crippen molar-refractivity contribution in [3.05, 3.63) is 76.8 Å². The molecule has 0 unspecified atom stereocenters. The molecule has 0 aliphatic carbocycles. The van der Waals surface area contributed by atoms with Gasteiger partial charge in [-0.2, -0.15) is 0 Å². The molecule has 3 aromatic rings. The van der Waals surface area contributed by atoms with Crippen LogP contribution >= 0.6 is 11.6 Å². The fourth-order valence-electron chi connectivity index (χ4n) is 5.22. The Hall–Kier alpha value is -3.56. The molecule has 48 heavy (non-hydrogen) atoms. The van der Waals surface area contributed by atoms with Crippen molar-refractivity contribution in [2.24, 2.45) is 0 Å². The lowest BCUT2D eigenvalue weighted by Gasteiger charge is -2.16. The second-order valence-electron chi connectivity index (χ2n) is 11.8. The molecule has 0 saturated carbocycles. The van der Waals surface area contributed by atoms with Gasteiger partial charge >= 0.3 is 11.9 Å². The van der Waals surface area contributed by atoms with Gasteiger partial charge in [-0.1, -0.05) is 48.7 Å². The van der Waals surface area contributed by atoms with E-state index in [1.54, 1.807) is 52.0 Å². The molecule has 0 fully saturated rings. The minimum atomic E-state index is -3.50. The number of hydrogen-bond acceptors (Lipinski definition) is 8. The molecular weight excluding hydrogens is 652 g/mol. The summed E-state index contributed by atoms with van der Waals surface area (Å²) in [5, 5.41) is 0.0537. The number of hydrogen-bond donors (Lipinski definition) is 0. The van der Waals surface area contributed by atoms with Crippen LogP contribution in [0.2, 0.25) is 5.02 Å².